The highest BCUT2D eigenvalue weighted by molar-refractivity contribution is 6.30. The molecule has 42 heavy (non-hydrogen) atoms. The number of anilines is 1. The molecule has 1 atom stereocenters. The van der Waals surface area contributed by atoms with Crippen molar-refractivity contribution in [1.82, 2.24) is 4.90 Å². The van der Waals surface area contributed by atoms with E-state index in [4.69, 9.17) is 25.8 Å². The largest absolute Gasteiger partial charge is 0.493 e. The summed E-state index contributed by atoms with van der Waals surface area (Å²) in [6, 6.07) is 18.2. The maximum atomic E-state index is 13.8. The van der Waals surface area contributed by atoms with Gasteiger partial charge in [-0.2, -0.15) is 0 Å². The van der Waals surface area contributed by atoms with Gasteiger partial charge in [-0.1, -0.05) is 35.9 Å². The van der Waals surface area contributed by atoms with Crippen LogP contribution in [0.3, 0.4) is 0 Å². The summed E-state index contributed by atoms with van der Waals surface area (Å²) in [5, 5.41) is 11.8. The van der Waals surface area contributed by atoms with E-state index in [0.29, 0.717) is 27.8 Å². The van der Waals surface area contributed by atoms with Crippen molar-refractivity contribution in [1.29, 1.82) is 0 Å². The van der Waals surface area contributed by atoms with Gasteiger partial charge in [0.25, 0.3) is 0 Å². The molecule has 0 radical (unpaired) electrons. The second kappa shape index (κ2) is 11.2. The van der Waals surface area contributed by atoms with Crippen LogP contribution in [0.4, 0.5) is 10.5 Å². The summed E-state index contributed by atoms with van der Waals surface area (Å²) >= 11 is 6.22. The predicted octanol–water partition coefficient (Wildman–Crippen LogP) is 6.25. The molecule has 2 amide bonds. The minimum Gasteiger partial charge on any atom is -0.493 e. The van der Waals surface area contributed by atoms with Crippen molar-refractivity contribution in [2.24, 2.45) is 0 Å². The number of fused-ring (bicyclic) bond motifs is 1. The number of amides is 2. The third-order valence-corrected chi connectivity index (χ3v) is 7.63. The summed E-state index contributed by atoms with van der Waals surface area (Å²) in [7, 11) is 1.59. The first kappa shape index (κ1) is 29.7. The molecule has 0 aliphatic carbocycles. The van der Waals surface area contributed by atoms with Crippen molar-refractivity contribution >= 4 is 29.3 Å². The van der Waals surface area contributed by atoms with Gasteiger partial charge in [0.2, 0.25) is 5.91 Å². The van der Waals surface area contributed by atoms with E-state index >= 15 is 0 Å². The van der Waals surface area contributed by atoms with Crippen LogP contribution in [-0.2, 0) is 21.6 Å². The van der Waals surface area contributed by atoms with Crippen molar-refractivity contribution < 1.29 is 28.9 Å². The Labute approximate surface area is 251 Å². The van der Waals surface area contributed by atoms with Gasteiger partial charge in [0.1, 0.15) is 11.2 Å². The summed E-state index contributed by atoms with van der Waals surface area (Å²) in [6.07, 6.45) is -0.332. The second-order valence-electron chi connectivity index (χ2n) is 12.2. The SMILES string of the molecule is COc1cc2c(cc1OC(C)C)C(c1ccc(Cl)cc1)N(c1ccc(C3(O)CN(C(=O)OC(C)(C)C)C3)cc1)C(=O)C2. The Morgan fingerprint density at radius 2 is 1.67 bits per heavy atom. The molecule has 0 saturated carbocycles. The van der Waals surface area contributed by atoms with E-state index in [0.717, 1.165) is 16.7 Å². The molecule has 5 rings (SSSR count). The zero-order valence-electron chi connectivity index (χ0n) is 24.8. The maximum Gasteiger partial charge on any atom is 0.410 e. The third kappa shape index (κ3) is 5.92. The average Bonchev–Trinajstić information content (AvgIpc) is 2.90. The van der Waals surface area contributed by atoms with E-state index in [1.165, 1.54) is 4.90 Å². The molecule has 1 unspecified atom stereocenters. The number of hydrogen-bond donors (Lipinski definition) is 1. The topological polar surface area (TPSA) is 88.5 Å². The highest BCUT2D eigenvalue weighted by Crippen LogP contribution is 2.44. The van der Waals surface area contributed by atoms with E-state index < -0.39 is 23.3 Å². The van der Waals surface area contributed by atoms with Crippen LogP contribution in [0.1, 0.15) is 62.9 Å². The van der Waals surface area contributed by atoms with Crippen LogP contribution in [-0.4, -0.2) is 53.9 Å². The van der Waals surface area contributed by atoms with Crippen LogP contribution in [0.2, 0.25) is 5.02 Å². The lowest BCUT2D eigenvalue weighted by Gasteiger charge is -2.46. The minimum atomic E-state index is -1.19. The number of benzene rings is 3. The summed E-state index contributed by atoms with van der Waals surface area (Å²) in [5.74, 6) is 1.11. The molecule has 0 bridgehead atoms. The number of carbonyl (C=O) groups is 2. The van der Waals surface area contributed by atoms with Gasteiger partial charge in [0.15, 0.2) is 11.5 Å². The van der Waals surface area contributed by atoms with E-state index in [1.54, 1.807) is 12.0 Å². The summed E-state index contributed by atoms with van der Waals surface area (Å²) in [4.78, 5) is 29.4. The normalized spacial score (nSPS) is 17.9. The van der Waals surface area contributed by atoms with Crippen molar-refractivity contribution in [2.45, 2.75) is 64.4 Å². The molecule has 0 aromatic heterocycles. The second-order valence-corrected chi connectivity index (χ2v) is 12.6. The first-order chi connectivity index (χ1) is 19.8. The first-order valence-corrected chi connectivity index (χ1v) is 14.4. The smallest absolute Gasteiger partial charge is 0.410 e. The number of ether oxygens (including phenoxy) is 3. The molecule has 1 fully saturated rings. The molecule has 2 heterocycles. The van der Waals surface area contributed by atoms with Crippen LogP contribution in [0.15, 0.2) is 60.7 Å². The molecule has 9 heteroatoms. The lowest BCUT2D eigenvalue weighted by atomic mass is 9.85. The Hall–Kier alpha value is -3.75. The molecular weight excluding hydrogens is 556 g/mol. The standard InChI is InChI=1S/C33H37ClN2O6/c1-20(2)41-28-17-26-22(15-27(28)40-6)16-29(37)36(30(26)21-7-11-24(34)12-8-21)25-13-9-23(10-14-25)33(39)18-35(19-33)31(38)42-32(3,4)5/h7-15,17,20,30,39H,16,18-19H2,1-6H3. The predicted molar refractivity (Wildman–Crippen MR) is 161 cm³/mol. The molecule has 1 N–H and O–H groups in total. The van der Waals surface area contributed by atoms with Gasteiger partial charge in [0.05, 0.1) is 38.8 Å². The lowest BCUT2D eigenvalue weighted by Crippen LogP contribution is -2.61. The van der Waals surface area contributed by atoms with Crippen LogP contribution in [0.25, 0.3) is 0 Å². The number of carbonyl (C=O) groups excluding carboxylic acids is 2. The number of halogens is 1. The molecule has 222 valence electrons. The van der Waals surface area contributed by atoms with E-state index in [9.17, 15) is 14.7 Å². The summed E-state index contributed by atoms with van der Waals surface area (Å²) < 4.78 is 17.1. The molecule has 3 aromatic rings. The lowest BCUT2D eigenvalue weighted by molar-refractivity contribution is -0.118. The zero-order valence-corrected chi connectivity index (χ0v) is 25.6. The molecule has 1 saturated heterocycles. The van der Waals surface area contributed by atoms with Gasteiger partial charge in [-0.25, -0.2) is 4.79 Å². The van der Waals surface area contributed by atoms with Gasteiger partial charge in [0, 0.05) is 10.7 Å². The summed E-state index contributed by atoms with van der Waals surface area (Å²) in [6.45, 7) is 9.59. The van der Waals surface area contributed by atoms with Crippen LogP contribution in [0.5, 0.6) is 11.5 Å². The number of rotatable bonds is 6. The Morgan fingerprint density at radius 3 is 2.24 bits per heavy atom. The molecule has 8 nitrogen and oxygen atoms in total. The molecule has 0 spiro atoms. The van der Waals surface area contributed by atoms with E-state index in [-0.39, 0.29) is 31.5 Å². The van der Waals surface area contributed by atoms with Gasteiger partial charge in [-0.05, 0) is 93.3 Å². The number of β-amino-alcohol motifs (C(OH)–C–C–N with tert-alkyl or cyclic N) is 1. The highest BCUT2D eigenvalue weighted by Gasteiger charge is 2.46. The number of nitrogens with zero attached hydrogens (tertiary/aromatic N) is 2. The third-order valence-electron chi connectivity index (χ3n) is 7.38. The Morgan fingerprint density at radius 1 is 1.02 bits per heavy atom. The van der Waals surface area contributed by atoms with Gasteiger partial charge >= 0.3 is 6.09 Å². The fraction of sp³-hybridized carbons (Fsp3) is 0.394. The highest BCUT2D eigenvalue weighted by atomic mass is 35.5. The monoisotopic (exact) mass is 592 g/mol. The quantitative estimate of drug-likeness (QED) is 0.364. The van der Waals surface area contributed by atoms with Gasteiger partial charge in [-0.15, -0.1) is 0 Å². The van der Waals surface area contributed by atoms with Crippen LogP contribution >= 0.6 is 11.6 Å². The Bertz CT molecular complexity index is 1470. The fourth-order valence-electron chi connectivity index (χ4n) is 5.48. The van der Waals surface area contributed by atoms with Crippen molar-refractivity contribution in [3.8, 4) is 11.5 Å². The maximum absolute atomic E-state index is 13.8. The Kier molecular flexibility index (Phi) is 7.89. The number of methoxy groups -OCH3 is 1. The molecular formula is C33H37ClN2O6. The number of likely N-dealkylation sites (tertiary alicyclic amines) is 1. The fourth-order valence-corrected chi connectivity index (χ4v) is 5.61. The van der Waals surface area contributed by atoms with Crippen molar-refractivity contribution in [2.75, 3.05) is 25.1 Å². The number of aliphatic hydroxyl groups is 1. The first-order valence-electron chi connectivity index (χ1n) is 14.0. The van der Waals surface area contributed by atoms with Gasteiger partial charge < -0.3 is 29.1 Å². The minimum absolute atomic E-state index is 0.0663. The summed E-state index contributed by atoms with van der Waals surface area (Å²) in [5.41, 5.74) is 2.24. The van der Waals surface area contributed by atoms with Crippen LogP contribution in [0, 0.1) is 0 Å². The molecule has 2 aliphatic rings. The molecule has 2 aliphatic heterocycles. The van der Waals surface area contributed by atoms with Crippen LogP contribution < -0.4 is 14.4 Å². The van der Waals surface area contributed by atoms with Crippen molar-refractivity contribution in [3.63, 3.8) is 0 Å². The number of hydrogen-bond acceptors (Lipinski definition) is 6. The molecule has 3 aromatic carbocycles. The zero-order chi connectivity index (χ0) is 30.4. The Balaban J connectivity index is 1.48. The van der Waals surface area contributed by atoms with E-state index in [2.05, 4.69) is 0 Å². The van der Waals surface area contributed by atoms with Gasteiger partial charge in [-0.3, -0.25) is 4.79 Å². The average molecular weight is 593 g/mol. The van der Waals surface area contributed by atoms with Crippen molar-refractivity contribution in [3.05, 3.63) is 87.9 Å². The van der Waals surface area contributed by atoms with E-state index in [1.807, 2.05) is 95.3 Å².